The summed E-state index contributed by atoms with van der Waals surface area (Å²) in [4.78, 5) is 14.6. The van der Waals surface area contributed by atoms with E-state index in [9.17, 15) is 4.79 Å². The number of amides is 1. The van der Waals surface area contributed by atoms with Crippen molar-refractivity contribution in [2.75, 3.05) is 12.4 Å². The Bertz CT molecular complexity index is 464. The molecule has 1 aromatic heterocycles. The molecule has 0 saturated carbocycles. The zero-order valence-corrected chi connectivity index (χ0v) is 12.3. The van der Waals surface area contributed by atoms with Gasteiger partial charge in [0.15, 0.2) is 0 Å². The normalized spacial score (nSPS) is 19.5. The van der Waals surface area contributed by atoms with Gasteiger partial charge in [0.05, 0.1) is 17.0 Å². The minimum absolute atomic E-state index is 0.0557. The molecule has 0 aromatic carbocycles. The summed E-state index contributed by atoms with van der Waals surface area (Å²) < 4.78 is 0. The van der Waals surface area contributed by atoms with Gasteiger partial charge in [-0.1, -0.05) is 6.92 Å². The van der Waals surface area contributed by atoms with E-state index in [1.165, 1.54) is 0 Å². The van der Waals surface area contributed by atoms with Crippen LogP contribution in [0.4, 0.5) is 0 Å². The summed E-state index contributed by atoms with van der Waals surface area (Å²) in [6.07, 6.45) is 3.91. The van der Waals surface area contributed by atoms with E-state index < -0.39 is 0 Å². The van der Waals surface area contributed by atoms with E-state index >= 15 is 0 Å². The van der Waals surface area contributed by atoms with E-state index in [-0.39, 0.29) is 11.9 Å². The van der Waals surface area contributed by atoms with Crippen molar-refractivity contribution in [2.24, 2.45) is 0 Å². The zero-order valence-electron chi connectivity index (χ0n) is 11.5. The first-order valence-corrected chi connectivity index (χ1v) is 7.41. The summed E-state index contributed by atoms with van der Waals surface area (Å²) in [6.45, 7) is 4.64. The monoisotopic (exact) mass is 281 g/mol. The van der Waals surface area contributed by atoms with Crippen molar-refractivity contribution in [3.05, 3.63) is 23.0 Å². The number of aryl methyl sites for hydroxylation is 2. The Balaban J connectivity index is 2.29. The molecule has 1 fully saturated rings. The summed E-state index contributed by atoms with van der Waals surface area (Å²) in [5, 5.41) is 8.16. The molecule has 2 rings (SSSR count). The van der Waals surface area contributed by atoms with Gasteiger partial charge in [0, 0.05) is 18.5 Å². The number of nitrogens with zero attached hydrogens (tertiary/aromatic N) is 3. The number of alkyl halides is 1. The lowest BCUT2D eigenvalue weighted by molar-refractivity contribution is 0.0637. The van der Waals surface area contributed by atoms with Gasteiger partial charge in [0.1, 0.15) is 0 Å². The van der Waals surface area contributed by atoms with Gasteiger partial charge in [-0.25, -0.2) is 0 Å². The van der Waals surface area contributed by atoms with Crippen LogP contribution in [0, 0.1) is 6.92 Å². The number of hydrogen-bond acceptors (Lipinski definition) is 3. The second-order valence-electron chi connectivity index (χ2n) is 5.00. The number of piperidine rings is 1. The molecular weight excluding hydrogens is 262 g/mol. The molecule has 1 unspecified atom stereocenters. The average Bonchev–Trinajstić information content (AvgIpc) is 2.46. The molecule has 1 aliphatic heterocycles. The highest BCUT2D eigenvalue weighted by molar-refractivity contribution is 6.18. The molecule has 0 aliphatic carbocycles. The van der Waals surface area contributed by atoms with Crippen molar-refractivity contribution >= 4 is 17.5 Å². The van der Waals surface area contributed by atoms with Crippen LogP contribution in [0.1, 0.15) is 47.9 Å². The molecule has 1 saturated heterocycles. The SMILES string of the molecule is CCc1nnc(C)cc1C(=O)N1CCCCC1CCl. The van der Waals surface area contributed by atoms with Gasteiger partial charge >= 0.3 is 0 Å². The maximum Gasteiger partial charge on any atom is 0.256 e. The summed E-state index contributed by atoms with van der Waals surface area (Å²) >= 11 is 5.99. The van der Waals surface area contributed by atoms with Crippen molar-refractivity contribution in [2.45, 2.75) is 45.6 Å². The number of likely N-dealkylation sites (tertiary alicyclic amines) is 1. The van der Waals surface area contributed by atoms with Crippen molar-refractivity contribution < 1.29 is 4.79 Å². The molecule has 1 atom stereocenters. The fourth-order valence-corrected chi connectivity index (χ4v) is 2.86. The first-order chi connectivity index (χ1) is 9.17. The molecule has 19 heavy (non-hydrogen) atoms. The van der Waals surface area contributed by atoms with Gasteiger partial charge in [-0.05, 0) is 38.7 Å². The molecule has 0 bridgehead atoms. The molecule has 0 N–H and O–H groups in total. The number of rotatable bonds is 3. The van der Waals surface area contributed by atoms with E-state index in [0.29, 0.717) is 17.9 Å². The lowest BCUT2D eigenvalue weighted by atomic mass is 10.0. The topological polar surface area (TPSA) is 46.1 Å². The van der Waals surface area contributed by atoms with Crippen LogP contribution in [0.5, 0.6) is 0 Å². The van der Waals surface area contributed by atoms with Crippen LogP contribution in [0.25, 0.3) is 0 Å². The molecule has 1 aliphatic rings. The number of halogens is 1. The van der Waals surface area contributed by atoms with Gasteiger partial charge in [-0.2, -0.15) is 10.2 Å². The molecule has 5 heteroatoms. The number of carbonyl (C=O) groups is 1. The largest absolute Gasteiger partial charge is 0.334 e. The predicted molar refractivity (Wildman–Crippen MR) is 75.5 cm³/mol. The van der Waals surface area contributed by atoms with Gasteiger partial charge in [-0.15, -0.1) is 11.6 Å². The van der Waals surface area contributed by atoms with Crippen molar-refractivity contribution in [3.63, 3.8) is 0 Å². The van der Waals surface area contributed by atoms with E-state index in [1.54, 1.807) is 0 Å². The van der Waals surface area contributed by atoms with Crippen molar-refractivity contribution in [1.82, 2.24) is 15.1 Å². The van der Waals surface area contributed by atoms with Gasteiger partial charge in [0.25, 0.3) is 5.91 Å². The first-order valence-electron chi connectivity index (χ1n) is 6.87. The van der Waals surface area contributed by atoms with E-state index in [1.807, 2.05) is 24.8 Å². The lowest BCUT2D eigenvalue weighted by Crippen LogP contribution is -2.45. The molecule has 104 valence electrons. The van der Waals surface area contributed by atoms with Crippen LogP contribution in [0.15, 0.2) is 6.07 Å². The van der Waals surface area contributed by atoms with Crippen LogP contribution < -0.4 is 0 Å². The van der Waals surface area contributed by atoms with Gasteiger partial charge < -0.3 is 4.90 Å². The maximum atomic E-state index is 12.7. The van der Waals surface area contributed by atoms with Crippen molar-refractivity contribution in [1.29, 1.82) is 0 Å². The molecule has 0 spiro atoms. The third-order valence-electron chi connectivity index (χ3n) is 3.62. The third kappa shape index (κ3) is 3.06. The summed E-state index contributed by atoms with van der Waals surface area (Å²) in [5.74, 6) is 0.560. The third-order valence-corrected chi connectivity index (χ3v) is 3.98. The molecule has 0 radical (unpaired) electrons. The lowest BCUT2D eigenvalue weighted by Gasteiger charge is -2.35. The minimum Gasteiger partial charge on any atom is -0.334 e. The fraction of sp³-hybridized carbons (Fsp3) is 0.643. The highest BCUT2D eigenvalue weighted by Gasteiger charge is 2.28. The van der Waals surface area contributed by atoms with Crippen LogP contribution in [0.3, 0.4) is 0 Å². The number of aromatic nitrogens is 2. The van der Waals surface area contributed by atoms with Crippen LogP contribution in [-0.4, -0.2) is 39.5 Å². The second-order valence-corrected chi connectivity index (χ2v) is 5.31. The summed E-state index contributed by atoms with van der Waals surface area (Å²) in [5.41, 5.74) is 2.24. The summed E-state index contributed by atoms with van der Waals surface area (Å²) in [7, 11) is 0. The minimum atomic E-state index is 0.0557. The van der Waals surface area contributed by atoms with Gasteiger partial charge in [0.2, 0.25) is 0 Å². The summed E-state index contributed by atoms with van der Waals surface area (Å²) in [6, 6.07) is 2.00. The average molecular weight is 282 g/mol. The standard InChI is InChI=1S/C14H20ClN3O/c1-3-13-12(8-10(2)16-17-13)14(19)18-7-5-4-6-11(18)9-15/h8,11H,3-7,9H2,1-2H3. The molecule has 2 heterocycles. The van der Waals surface area contributed by atoms with Crippen molar-refractivity contribution in [3.8, 4) is 0 Å². The Hall–Kier alpha value is -1.16. The first kappa shape index (κ1) is 14.3. The molecule has 1 amide bonds. The van der Waals surface area contributed by atoms with E-state index in [2.05, 4.69) is 10.2 Å². The Labute approximate surface area is 119 Å². The molecule has 1 aromatic rings. The quantitative estimate of drug-likeness (QED) is 0.800. The predicted octanol–water partition coefficient (Wildman–Crippen LogP) is 2.58. The Morgan fingerprint density at radius 3 is 2.95 bits per heavy atom. The van der Waals surface area contributed by atoms with E-state index in [4.69, 9.17) is 11.6 Å². The number of hydrogen-bond donors (Lipinski definition) is 0. The molecular formula is C14H20ClN3O. The Morgan fingerprint density at radius 2 is 2.26 bits per heavy atom. The highest BCUT2D eigenvalue weighted by Crippen LogP contribution is 2.21. The second kappa shape index (κ2) is 6.33. The Morgan fingerprint density at radius 1 is 1.47 bits per heavy atom. The smallest absolute Gasteiger partial charge is 0.256 e. The van der Waals surface area contributed by atoms with Crippen LogP contribution in [-0.2, 0) is 6.42 Å². The Kier molecular flexibility index (Phi) is 4.75. The maximum absolute atomic E-state index is 12.7. The van der Waals surface area contributed by atoms with Crippen LogP contribution >= 0.6 is 11.6 Å². The zero-order chi connectivity index (χ0) is 13.8. The van der Waals surface area contributed by atoms with Crippen LogP contribution in [0.2, 0.25) is 0 Å². The van der Waals surface area contributed by atoms with E-state index in [0.717, 1.165) is 37.2 Å². The fourth-order valence-electron chi connectivity index (χ4n) is 2.54. The number of carbonyl (C=O) groups excluding carboxylic acids is 1. The highest BCUT2D eigenvalue weighted by atomic mass is 35.5. The molecule has 4 nitrogen and oxygen atoms in total. The van der Waals surface area contributed by atoms with Gasteiger partial charge in [-0.3, -0.25) is 4.79 Å².